The van der Waals surface area contributed by atoms with E-state index in [0.29, 0.717) is 12.8 Å². The fourth-order valence-electron chi connectivity index (χ4n) is 2.53. The van der Waals surface area contributed by atoms with Gasteiger partial charge in [-0.15, -0.1) is 0 Å². The van der Waals surface area contributed by atoms with E-state index < -0.39 is 0 Å². The Morgan fingerprint density at radius 2 is 1.96 bits per heavy atom. The molecule has 0 aliphatic heterocycles. The van der Waals surface area contributed by atoms with Gasteiger partial charge in [0.2, 0.25) is 5.91 Å². The zero-order chi connectivity index (χ0) is 17.1. The third-order valence-electron chi connectivity index (χ3n) is 4.05. The topological polar surface area (TPSA) is 75.6 Å². The summed E-state index contributed by atoms with van der Waals surface area (Å²) in [5, 5.41) is 9.93. The Labute approximate surface area is 140 Å². The molecule has 2 heterocycles. The van der Waals surface area contributed by atoms with Crippen LogP contribution in [-0.2, 0) is 11.2 Å². The van der Waals surface area contributed by atoms with Gasteiger partial charge in [-0.25, -0.2) is 4.98 Å². The molecule has 6 nitrogen and oxygen atoms in total. The Kier molecular flexibility index (Phi) is 4.46. The van der Waals surface area contributed by atoms with Gasteiger partial charge in [0.25, 0.3) is 0 Å². The lowest BCUT2D eigenvalue weighted by molar-refractivity contribution is -0.116. The maximum Gasteiger partial charge on any atom is 0.224 e. The van der Waals surface area contributed by atoms with Crippen LogP contribution in [0.1, 0.15) is 29.2 Å². The van der Waals surface area contributed by atoms with E-state index in [2.05, 4.69) is 20.5 Å². The summed E-state index contributed by atoms with van der Waals surface area (Å²) in [7, 11) is 0. The molecule has 3 rings (SSSR count). The highest BCUT2D eigenvalue weighted by Gasteiger charge is 2.07. The van der Waals surface area contributed by atoms with Crippen LogP contribution in [0.3, 0.4) is 0 Å². The van der Waals surface area contributed by atoms with Crippen molar-refractivity contribution in [2.75, 3.05) is 5.32 Å². The van der Waals surface area contributed by atoms with E-state index in [-0.39, 0.29) is 5.91 Å². The Balaban J connectivity index is 1.59. The molecule has 1 amide bonds. The van der Waals surface area contributed by atoms with Crippen molar-refractivity contribution >= 4 is 11.6 Å². The number of nitrogens with zero attached hydrogens (tertiary/aromatic N) is 3. The SMILES string of the molecule is Cc1cc(CCC(=O)Nc2ccc(-n3cnc(C)c3C)cc2)n[nH]1. The number of anilines is 1. The van der Waals surface area contributed by atoms with Crippen molar-refractivity contribution in [1.82, 2.24) is 19.7 Å². The maximum absolute atomic E-state index is 12.0. The van der Waals surface area contributed by atoms with Crippen LogP contribution in [-0.4, -0.2) is 25.7 Å². The number of hydrogen-bond donors (Lipinski definition) is 2. The highest BCUT2D eigenvalue weighted by molar-refractivity contribution is 5.90. The number of benzene rings is 1. The minimum Gasteiger partial charge on any atom is -0.326 e. The summed E-state index contributed by atoms with van der Waals surface area (Å²) < 4.78 is 2.03. The van der Waals surface area contributed by atoms with Crippen LogP contribution < -0.4 is 5.32 Å². The zero-order valence-corrected chi connectivity index (χ0v) is 14.1. The molecule has 1 aromatic carbocycles. The first-order valence-electron chi connectivity index (χ1n) is 7.94. The van der Waals surface area contributed by atoms with Gasteiger partial charge < -0.3 is 9.88 Å². The number of carbonyl (C=O) groups is 1. The fourth-order valence-corrected chi connectivity index (χ4v) is 2.53. The lowest BCUT2D eigenvalue weighted by Gasteiger charge is -2.08. The van der Waals surface area contributed by atoms with Gasteiger partial charge in [0.15, 0.2) is 0 Å². The van der Waals surface area contributed by atoms with Gasteiger partial charge in [-0.05, 0) is 51.1 Å². The van der Waals surface area contributed by atoms with E-state index in [0.717, 1.165) is 34.2 Å². The van der Waals surface area contributed by atoms with Crippen molar-refractivity contribution in [3.8, 4) is 5.69 Å². The summed E-state index contributed by atoms with van der Waals surface area (Å²) in [5.74, 6) is -0.0157. The number of aryl methyl sites for hydroxylation is 3. The first-order chi connectivity index (χ1) is 11.5. The molecule has 0 atom stereocenters. The fraction of sp³-hybridized carbons (Fsp3) is 0.278. The molecule has 0 saturated heterocycles. The lowest BCUT2D eigenvalue weighted by Crippen LogP contribution is -2.12. The summed E-state index contributed by atoms with van der Waals surface area (Å²) >= 11 is 0. The molecule has 0 unspecified atom stereocenters. The molecule has 0 fully saturated rings. The number of carbonyl (C=O) groups excluding carboxylic acids is 1. The van der Waals surface area contributed by atoms with E-state index in [4.69, 9.17) is 0 Å². The van der Waals surface area contributed by atoms with Gasteiger partial charge in [-0.2, -0.15) is 5.10 Å². The Morgan fingerprint density at radius 1 is 1.21 bits per heavy atom. The van der Waals surface area contributed by atoms with Gasteiger partial charge in [-0.1, -0.05) is 0 Å². The number of hydrogen-bond acceptors (Lipinski definition) is 3. The molecule has 0 aliphatic carbocycles. The highest BCUT2D eigenvalue weighted by Crippen LogP contribution is 2.17. The standard InChI is InChI=1S/C18H21N5O/c1-12-10-16(22-21-12)6-9-18(24)20-15-4-7-17(8-5-15)23-11-19-13(2)14(23)3/h4-5,7-8,10-11H,6,9H2,1-3H3,(H,20,24)(H,21,22). The van der Waals surface area contributed by atoms with Crippen LogP contribution in [0.25, 0.3) is 5.69 Å². The van der Waals surface area contributed by atoms with E-state index in [1.54, 1.807) is 0 Å². The molecule has 3 aromatic rings. The summed E-state index contributed by atoms with van der Waals surface area (Å²) in [6, 6.07) is 9.71. The van der Waals surface area contributed by atoms with Crippen molar-refractivity contribution in [3.63, 3.8) is 0 Å². The third kappa shape index (κ3) is 3.53. The van der Waals surface area contributed by atoms with Gasteiger partial charge >= 0.3 is 0 Å². The lowest BCUT2D eigenvalue weighted by atomic mass is 10.2. The van der Waals surface area contributed by atoms with Gasteiger partial charge in [0.1, 0.15) is 0 Å². The monoisotopic (exact) mass is 323 g/mol. The molecule has 2 aromatic heterocycles. The van der Waals surface area contributed by atoms with Crippen molar-refractivity contribution in [1.29, 1.82) is 0 Å². The first-order valence-corrected chi connectivity index (χ1v) is 7.94. The Hall–Kier alpha value is -2.89. The molecular weight excluding hydrogens is 302 g/mol. The van der Waals surface area contributed by atoms with E-state index in [9.17, 15) is 4.79 Å². The minimum atomic E-state index is -0.0157. The van der Waals surface area contributed by atoms with E-state index >= 15 is 0 Å². The van der Waals surface area contributed by atoms with E-state index in [1.807, 2.05) is 62.0 Å². The molecule has 0 saturated carbocycles. The molecule has 0 bridgehead atoms. The quantitative estimate of drug-likeness (QED) is 0.757. The number of rotatable bonds is 5. The van der Waals surface area contributed by atoms with Gasteiger partial charge in [-0.3, -0.25) is 9.89 Å². The predicted molar refractivity (Wildman–Crippen MR) is 93.3 cm³/mol. The average molecular weight is 323 g/mol. The molecule has 124 valence electrons. The van der Waals surface area contributed by atoms with Crippen LogP contribution in [0.5, 0.6) is 0 Å². The number of aromatic amines is 1. The van der Waals surface area contributed by atoms with E-state index in [1.165, 1.54) is 0 Å². The minimum absolute atomic E-state index is 0.0157. The van der Waals surface area contributed by atoms with Crippen LogP contribution in [0.4, 0.5) is 5.69 Å². The van der Waals surface area contributed by atoms with Crippen molar-refractivity contribution in [2.24, 2.45) is 0 Å². The Bertz CT molecular complexity index is 845. The normalized spacial score (nSPS) is 10.8. The van der Waals surface area contributed by atoms with Crippen molar-refractivity contribution in [3.05, 3.63) is 59.4 Å². The second kappa shape index (κ2) is 6.70. The molecule has 0 spiro atoms. The van der Waals surface area contributed by atoms with Crippen LogP contribution >= 0.6 is 0 Å². The molecular formula is C18H21N5O. The zero-order valence-electron chi connectivity index (χ0n) is 14.1. The number of H-pyrrole nitrogens is 1. The van der Waals surface area contributed by atoms with Crippen LogP contribution in [0.15, 0.2) is 36.7 Å². The van der Waals surface area contributed by atoms with Crippen molar-refractivity contribution in [2.45, 2.75) is 33.6 Å². The predicted octanol–water partition coefficient (Wildman–Crippen LogP) is 3.09. The number of amides is 1. The number of nitrogens with one attached hydrogen (secondary N) is 2. The molecule has 24 heavy (non-hydrogen) atoms. The van der Waals surface area contributed by atoms with Crippen molar-refractivity contribution < 1.29 is 4.79 Å². The Morgan fingerprint density at radius 3 is 2.54 bits per heavy atom. The van der Waals surface area contributed by atoms with Crippen LogP contribution in [0, 0.1) is 20.8 Å². The molecule has 0 aliphatic rings. The summed E-state index contributed by atoms with van der Waals surface area (Å²) in [4.78, 5) is 16.3. The molecule has 2 N–H and O–H groups in total. The second-order valence-electron chi connectivity index (χ2n) is 5.92. The summed E-state index contributed by atoms with van der Waals surface area (Å²) in [6.45, 7) is 5.97. The molecule has 0 radical (unpaired) electrons. The summed E-state index contributed by atoms with van der Waals surface area (Å²) in [5.41, 5.74) is 5.85. The van der Waals surface area contributed by atoms with Gasteiger partial charge in [0.05, 0.1) is 17.7 Å². The maximum atomic E-state index is 12.0. The van der Waals surface area contributed by atoms with Crippen LogP contribution in [0.2, 0.25) is 0 Å². The smallest absolute Gasteiger partial charge is 0.224 e. The number of imidazole rings is 1. The summed E-state index contributed by atoms with van der Waals surface area (Å²) in [6.07, 6.45) is 2.84. The highest BCUT2D eigenvalue weighted by atomic mass is 16.1. The largest absolute Gasteiger partial charge is 0.326 e. The molecule has 6 heteroatoms. The average Bonchev–Trinajstić information content (AvgIpc) is 3.13. The number of aromatic nitrogens is 4. The third-order valence-corrected chi connectivity index (χ3v) is 4.05. The second-order valence-corrected chi connectivity index (χ2v) is 5.92. The first kappa shape index (κ1) is 16.0. The van der Waals surface area contributed by atoms with Gasteiger partial charge in [0, 0.05) is 35.6 Å².